The van der Waals surface area contributed by atoms with Crippen molar-refractivity contribution >= 4 is 11.7 Å². The molecule has 0 atom stereocenters. The maximum Gasteiger partial charge on any atom is 0.303 e. The van der Waals surface area contributed by atoms with Crippen LogP contribution in [0.15, 0.2) is 24.4 Å². The second kappa shape index (κ2) is 6.07. The fraction of sp³-hybridized carbons (Fsp3) is 0.250. The number of benzene rings is 1. The Hall–Kier alpha value is -2.84. The van der Waals surface area contributed by atoms with Gasteiger partial charge in [0.25, 0.3) is 5.69 Å². The molecular formula is C12H11FN4O4. The van der Waals surface area contributed by atoms with Gasteiger partial charge in [0.15, 0.2) is 0 Å². The number of hydrogen-bond acceptors (Lipinski definition) is 5. The van der Waals surface area contributed by atoms with E-state index in [4.69, 9.17) is 5.11 Å². The van der Waals surface area contributed by atoms with Crippen molar-refractivity contribution in [2.24, 2.45) is 0 Å². The lowest BCUT2D eigenvalue weighted by Gasteiger charge is -2.01. The standard InChI is InChI=1S/C12H11FN4O4/c13-9-3-8(4-11(5-9)17(20)21)6-16-7-10(14-15-16)1-2-12(18)19/h3-5,7H,1-2,6H2,(H,18,19). The smallest absolute Gasteiger partial charge is 0.303 e. The number of aliphatic carboxylic acids is 1. The minimum Gasteiger partial charge on any atom is -0.481 e. The van der Waals surface area contributed by atoms with Crippen molar-refractivity contribution in [1.29, 1.82) is 0 Å². The van der Waals surface area contributed by atoms with Crippen molar-refractivity contribution in [3.8, 4) is 0 Å². The van der Waals surface area contributed by atoms with E-state index in [0.717, 1.165) is 6.07 Å². The van der Waals surface area contributed by atoms with E-state index in [0.29, 0.717) is 11.3 Å². The number of nitro benzene ring substituents is 1. The minimum absolute atomic E-state index is 0.0653. The second-order valence-corrected chi connectivity index (χ2v) is 4.38. The summed E-state index contributed by atoms with van der Waals surface area (Å²) in [6, 6.07) is 3.26. The van der Waals surface area contributed by atoms with E-state index < -0.39 is 16.7 Å². The third kappa shape index (κ3) is 4.06. The molecule has 2 aromatic rings. The number of nitro groups is 1. The van der Waals surface area contributed by atoms with Crippen molar-refractivity contribution in [3.05, 3.63) is 51.6 Å². The number of carboxylic acids is 1. The van der Waals surface area contributed by atoms with Crippen LogP contribution in [0.25, 0.3) is 0 Å². The van der Waals surface area contributed by atoms with Crippen LogP contribution in [-0.4, -0.2) is 31.0 Å². The third-order valence-electron chi connectivity index (χ3n) is 2.68. The summed E-state index contributed by atoms with van der Waals surface area (Å²) in [5.74, 6) is -1.64. The number of carboxylic acid groups (broad SMARTS) is 1. The van der Waals surface area contributed by atoms with Gasteiger partial charge in [-0.15, -0.1) is 5.10 Å². The fourth-order valence-corrected chi connectivity index (χ4v) is 1.78. The van der Waals surface area contributed by atoms with E-state index >= 15 is 0 Å². The Bertz CT molecular complexity index is 686. The van der Waals surface area contributed by atoms with Gasteiger partial charge in [0, 0.05) is 18.7 Å². The molecule has 1 aromatic heterocycles. The van der Waals surface area contributed by atoms with Gasteiger partial charge in [-0.3, -0.25) is 14.9 Å². The Labute approximate surface area is 118 Å². The number of hydrogen-bond donors (Lipinski definition) is 1. The van der Waals surface area contributed by atoms with Gasteiger partial charge in [0.05, 0.1) is 29.6 Å². The maximum absolute atomic E-state index is 13.3. The average molecular weight is 294 g/mol. The number of rotatable bonds is 6. The first-order valence-corrected chi connectivity index (χ1v) is 5.98. The van der Waals surface area contributed by atoms with Crippen LogP contribution in [0.2, 0.25) is 0 Å². The number of halogens is 1. The highest BCUT2D eigenvalue weighted by molar-refractivity contribution is 5.66. The van der Waals surface area contributed by atoms with Gasteiger partial charge in [-0.1, -0.05) is 5.21 Å². The van der Waals surface area contributed by atoms with Crippen LogP contribution in [0.5, 0.6) is 0 Å². The molecule has 0 bridgehead atoms. The molecule has 1 N–H and O–H groups in total. The van der Waals surface area contributed by atoms with Gasteiger partial charge < -0.3 is 5.11 Å². The second-order valence-electron chi connectivity index (χ2n) is 4.38. The number of carbonyl (C=O) groups is 1. The molecule has 0 aliphatic rings. The molecule has 0 radical (unpaired) electrons. The van der Waals surface area contributed by atoms with E-state index in [1.165, 1.54) is 23.0 Å². The van der Waals surface area contributed by atoms with Crippen LogP contribution < -0.4 is 0 Å². The summed E-state index contributed by atoms with van der Waals surface area (Å²) in [6.45, 7) is 0.110. The first-order chi connectivity index (χ1) is 9.94. The summed E-state index contributed by atoms with van der Waals surface area (Å²) in [5, 5.41) is 26.8. The van der Waals surface area contributed by atoms with E-state index in [1.54, 1.807) is 0 Å². The highest BCUT2D eigenvalue weighted by atomic mass is 19.1. The predicted molar refractivity (Wildman–Crippen MR) is 68.1 cm³/mol. The molecule has 0 saturated carbocycles. The Balaban J connectivity index is 2.11. The normalized spacial score (nSPS) is 10.5. The van der Waals surface area contributed by atoms with Crippen molar-refractivity contribution in [2.45, 2.75) is 19.4 Å². The molecule has 1 heterocycles. The van der Waals surface area contributed by atoms with Gasteiger partial charge in [0.1, 0.15) is 5.82 Å². The molecule has 0 aliphatic heterocycles. The lowest BCUT2D eigenvalue weighted by atomic mass is 10.2. The van der Waals surface area contributed by atoms with Crippen LogP contribution >= 0.6 is 0 Å². The Morgan fingerprint density at radius 1 is 1.43 bits per heavy atom. The van der Waals surface area contributed by atoms with E-state index in [1.807, 2.05) is 0 Å². The first-order valence-electron chi connectivity index (χ1n) is 5.98. The molecule has 2 rings (SSSR count). The predicted octanol–water partition coefficient (Wildman–Crippen LogP) is 1.39. The molecule has 8 nitrogen and oxygen atoms in total. The zero-order valence-corrected chi connectivity index (χ0v) is 10.8. The molecule has 21 heavy (non-hydrogen) atoms. The number of aryl methyl sites for hydroxylation is 1. The molecule has 0 aliphatic carbocycles. The molecule has 0 spiro atoms. The van der Waals surface area contributed by atoms with Gasteiger partial charge in [-0.25, -0.2) is 9.07 Å². The lowest BCUT2D eigenvalue weighted by molar-refractivity contribution is -0.385. The molecule has 0 fully saturated rings. The van der Waals surface area contributed by atoms with E-state index in [2.05, 4.69) is 10.3 Å². The Morgan fingerprint density at radius 2 is 2.19 bits per heavy atom. The fourth-order valence-electron chi connectivity index (χ4n) is 1.78. The minimum atomic E-state index is -0.940. The van der Waals surface area contributed by atoms with Crippen molar-refractivity contribution in [1.82, 2.24) is 15.0 Å². The molecule has 9 heteroatoms. The molecule has 0 amide bonds. The summed E-state index contributed by atoms with van der Waals surface area (Å²) >= 11 is 0. The third-order valence-corrected chi connectivity index (χ3v) is 2.68. The molecule has 1 aromatic carbocycles. The molecule has 110 valence electrons. The van der Waals surface area contributed by atoms with E-state index in [-0.39, 0.29) is 25.1 Å². The SMILES string of the molecule is O=C(O)CCc1cn(Cc2cc(F)cc([N+](=O)[O-])c2)nn1. The Morgan fingerprint density at radius 3 is 2.86 bits per heavy atom. The van der Waals surface area contributed by atoms with Gasteiger partial charge >= 0.3 is 5.97 Å². The monoisotopic (exact) mass is 294 g/mol. The zero-order chi connectivity index (χ0) is 15.4. The summed E-state index contributed by atoms with van der Waals surface area (Å²) in [4.78, 5) is 20.4. The summed E-state index contributed by atoms with van der Waals surface area (Å²) in [5.41, 5.74) is 0.524. The first kappa shape index (κ1) is 14.6. The Kier molecular flexibility index (Phi) is 4.21. The number of aromatic nitrogens is 3. The van der Waals surface area contributed by atoms with Gasteiger partial charge in [-0.2, -0.15) is 0 Å². The van der Waals surface area contributed by atoms with Gasteiger partial charge in [0.2, 0.25) is 0 Å². The molecule has 0 saturated heterocycles. The quantitative estimate of drug-likeness (QED) is 0.636. The highest BCUT2D eigenvalue weighted by Crippen LogP contribution is 2.17. The van der Waals surface area contributed by atoms with Crippen LogP contribution in [0.1, 0.15) is 17.7 Å². The van der Waals surface area contributed by atoms with Crippen LogP contribution in [0, 0.1) is 15.9 Å². The maximum atomic E-state index is 13.3. The number of nitrogens with zero attached hydrogens (tertiary/aromatic N) is 4. The van der Waals surface area contributed by atoms with Crippen LogP contribution in [0.4, 0.5) is 10.1 Å². The molecule has 0 unspecified atom stereocenters. The van der Waals surface area contributed by atoms with Crippen molar-refractivity contribution in [2.75, 3.05) is 0 Å². The van der Waals surface area contributed by atoms with Crippen molar-refractivity contribution in [3.63, 3.8) is 0 Å². The van der Waals surface area contributed by atoms with Crippen LogP contribution in [-0.2, 0) is 17.8 Å². The van der Waals surface area contributed by atoms with Crippen molar-refractivity contribution < 1.29 is 19.2 Å². The summed E-state index contributed by atoms with van der Waals surface area (Å²) < 4.78 is 14.7. The molecular weight excluding hydrogens is 283 g/mol. The zero-order valence-electron chi connectivity index (χ0n) is 10.8. The van der Waals surface area contributed by atoms with Crippen LogP contribution in [0.3, 0.4) is 0 Å². The number of non-ortho nitro benzene ring substituents is 1. The average Bonchev–Trinajstić information content (AvgIpc) is 2.83. The van der Waals surface area contributed by atoms with E-state index in [9.17, 15) is 19.3 Å². The highest BCUT2D eigenvalue weighted by Gasteiger charge is 2.11. The largest absolute Gasteiger partial charge is 0.481 e. The summed E-state index contributed by atoms with van der Waals surface area (Å²) in [7, 11) is 0. The summed E-state index contributed by atoms with van der Waals surface area (Å²) in [6.07, 6.45) is 1.70. The van der Waals surface area contributed by atoms with Gasteiger partial charge in [-0.05, 0) is 11.6 Å². The topological polar surface area (TPSA) is 111 Å². The lowest BCUT2D eigenvalue weighted by Crippen LogP contribution is -2.02.